The van der Waals surface area contributed by atoms with Crippen molar-refractivity contribution in [3.05, 3.63) is 29.3 Å². The van der Waals surface area contributed by atoms with Gasteiger partial charge in [-0.1, -0.05) is 6.07 Å². The summed E-state index contributed by atoms with van der Waals surface area (Å²) in [5.41, 5.74) is 7.87. The monoisotopic (exact) mass is 373 g/mol. The van der Waals surface area contributed by atoms with Crippen LogP contribution < -0.4 is 10.5 Å². The number of ether oxygens (including phenoxy) is 2. The maximum atomic E-state index is 6.61. The Hall–Kier alpha value is -1.79. The molecule has 6 nitrogen and oxygen atoms in total. The second-order valence-electron chi connectivity index (χ2n) is 8.27. The summed E-state index contributed by atoms with van der Waals surface area (Å²) in [6.45, 7) is 6.78. The zero-order valence-electron chi connectivity index (χ0n) is 16.8. The molecule has 4 rings (SSSR count). The lowest BCUT2D eigenvalue weighted by Gasteiger charge is -2.45. The van der Waals surface area contributed by atoms with E-state index in [1.165, 1.54) is 5.56 Å². The molecule has 0 amide bonds. The summed E-state index contributed by atoms with van der Waals surface area (Å²) in [5, 5.41) is 1.77. The maximum absolute atomic E-state index is 6.61. The quantitative estimate of drug-likeness (QED) is 0.877. The molecule has 2 spiro atoms. The highest BCUT2D eigenvalue weighted by Gasteiger charge is 2.64. The summed E-state index contributed by atoms with van der Waals surface area (Å²) in [5.74, 6) is 1.33. The Morgan fingerprint density at radius 3 is 2.67 bits per heavy atom. The van der Waals surface area contributed by atoms with Gasteiger partial charge in [0, 0.05) is 18.1 Å². The Labute approximate surface area is 161 Å². The van der Waals surface area contributed by atoms with Crippen LogP contribution in [0, 0.1) is 5.41 Å². The molecule has 1 aromatic rings. The van der Waals surface area contributed by atoms with E-state index in [9.17, 15) is 0 Å². The van der Waals surface area contributed by atoms with Crippen molar-refractivity contribution in [1.29, 1.82) is 0 Å². The van der Waals surface area contributed by atoms with E-state index in [1.807, 2.05) is 6.92 Å². The van der Waals surface area contributed by atoms with Gasteiger partial charge in [0.15, 0.2) is 0 Å². The van der Waals surface area contributed by atoms with Crippen LogP contribution in [0.2, 0.25) is 0 Å². The average molecular weight is 373 g/mol. The van der Waals surface area contributed by atoms with Crippen molar-refractivity contribution >= 4 is 5.96 Å². The van der Waals surface area contributed by atoms with E-state index >= 15 is 0 Å². The van der Waals surface area contributed by atoms with Crippen LogP contribution >= 0.6 is 0 Å². The van der Waals surface area contributed by atoms with Gasteiger partial charge in [0.1, 0.15) is 5.75 Å². The van der Waals surface area contributed by atoms with Crippen LogP contribution in [0.5, 0.6) is 5.75 Å². The van der Waals surface area contributed by atoms with Gasteiger partial charge in [-0.25, -0.2) is 14.9 Å². The Bertz CT molecular complexity index is 740. The van der Waals surface area contributed by atoms with E-state index < -0.39 is 5.72 Å². The molecule has 1 unspecified atom stereocenters. The van der Waals surface area contributed by atoms with Crippen LogP contribution in [0.1, 0.15) is 57.6 Å². The van der Waals surface area contributed by atoms with Gasteiger partial charge < -0.3 is 15.2 Å². The van der Waals surface area contributed by atoms with Crippen LogP contribution in [0.3, 0.4) is 0 Å². The minimum atomic E-state index is -0.761. The minimum absolute atomic E-state index is 0.0938. The molecule has 0 saturated heterocycles. The molecule has 1 fully saturated rings. The molecule has 1 aliphatic heterocycles. The number of hydrogen-bond donors (Lipinski definition) is 1. The van der Waals surface area contributed by atoms with Crippen molar-refractivity contribution < 1.29 is 14.3 Å². The van der Waals surface area contributed by atoms with Gasteiger partial charge in [-0.3, -0.25) is 0 Å². The molecule has 0 bridgehead atoms. The topological polar surface area (TPSA) is 69.3 Å². The molecule has 3 aliphatic rings. The number of guanidine groups is 1. The Morgan fingerprint density at radius 2 is 2.07 bits per heavy atom. The third-order valence-electron chi connectivity index (χ3n) is 6.43. The molecule has 1 heterocycles. The molecule has 1 atom stereocenters. The second-order valence-corrected chi connectivity index (χ2v) is 8.27. The van der Waals surface area contributed by atoms with E-state index in [-0.39, 0.29) is 11.5 Å². The molecule has 27 heavy (non-hydrogen) atoms. The third kappa shape index (κ3) is 2.72. The molecule has 0 aromatic heterocycles. The summed E-state index contributed by atoms with van der Waals surface area (Å²) in [4.78, 5) is 11.6. The highest BCUT2D eigenvalue weighted by atomic mass is 16.7. The zero-order chi connectivity index (χ0) is 19.2. The van der Waals surface area contributed by atoms with E-state index in [0.29, 0.717) is 18.7 Å². The summed E-state index contributed by atoms with van der Waals surface area (Å²) >= 11 is 0. The Kier molecular flexibility index (Phi) is 4.59. The van der Waals surface area contributed by atoms with E-state index in [1.54, 1.807) is 12.2 Å². The first-order valence-electron chi connectivity index (χ1n) is 10.1. The predicted octanol–water partition coefficient (Wildman–Crippen LogP) is 3.34. The van der Waals surface area contributed by atoms with E-state index in [4.69, 9.17) is 25.0 Å². The van der Waals surface area contributed by atoms with Crippen LogP contribution in [-0.4, -0.2) is 36.9 Å². The highest BCUT2D eigenvalue weighted by Crippen LogP contribution is 2.62. The fraction of sp³-hybridized carbons (Fsp3) is 0.667. The maximum Gasteiger partial charge on any atom is 0.220 e. The number of fused-ring (bicyclic) bond motifs is 3. The van der Waals surface area contributed by atoms with Crippen LogP contribution in [0.4, 0.5) is 0 Å². The first-order chi connectivity index (χ1) is 12.9. The predicted molar refractivity (Wildman–Crippen MR) is 104 cm³/mol. The number of hydrogen-bond acceptors (Lipinski definition) is 6. The molecule has 2 aliphatic carbocycles. The molecule has 1 aromatic carbocycles. The molecule has 6 heteroatoms. The number of aliphatic imine (C=N–C) groups is 1. The normalized spacial score (nSPS) is 32.4. The van der Waals surface area contributed by atoms with Gasteiger partial charge in [-0.15, -0.1) is 0 Å². The molecular formula is C21H31N3O3. The molecule has 1 saturated carbocycles. The highest BCUT2D eigenvalue weighted by molar-refractivity contribution is 5.79. The van der Waals surface area contributed by atoms with E-state index in [2.05, 4.69) is 32.0 Å². The van der Waals surface area contributed by atoms with Gasteiger partial charge in [0.05, 0.1) is 18.8 Å². The van der Waals surface area contributed by atoms with Gasteiger partial charge in [-0.05, 0) is 70.6 Å². The summed E-state index contributed by atoms with van der Waals surface area (Å²) in [7, 11) is 1.80. The SMILES string of the molecule is CCOc1ccc2c(c1)C1(N=C(N)N(C(C)C)O1)C1(CCC(OC)CC1)C2. The number of hydroxylamine groups is 2. The molecule has 148 valence electrons. The molecule has 2 N–H and O–H groups in total. The number of benzene rings is 1. The van der Waals surface area contributed by atoms with Crippen LogP contribution in [-0.2, 0) is 21.7 Å². The van der Waals surface area contributed by atoms with Gasteiger partial charge >= 0.3 is 0 Å². The summed E-state index contributed by atoms with van der Waals surface area (Å²) in [6.07, 6.45) is 5.32. The van der Waals surface area contributed by atoms with Crippen molar-refractivity contribution in [2.75, 3.05) is 13.7 Å². The zero-order valence-corrected chi connectivity index (χ0v) is 16.8. The van der Waals surface area contributed by atoms with Crippen molar-refractivity contribution in [3.8, 4) is 5.75 Å². The minimum Gasteiger partial charge on any atom is -0.494 e. The van der Waals surface area contributed by atoms with Crippen molar-refractivity contribution in [1.82, 2.24) is 5.06 Å². The Balaban J connectivity index is 1.80. The number of rotatable bonds is 4. The first kappa shape index (κ1) is 18.6. The van der Waals surface area contributed by atoms with E-state index in [0.717, 1.165) is 43.4 Å². The Morgan fingerprint density at radius 1 is 1.33 bits per heavy atom. The van der Waals surface area contributed by atoms with Gasteiger partial charge in [0.25, 0.3) is 0 Å². The fourth-order valence-corrected chi connectivity index (χ4v) is 5.06. The largest absolute Gasteiger partial charge is 0.494 e. The van der Waals surface area contributed by atoms with Crippen molar-refractivity contribution in [3.63, 3.8) is 0 Å². The van der Waals surface area contributed by atoms with Crippen LogP contribution in [0.15, 0.2) is 23.2 Å². The lowest BCUT2D eigenvalue weighted by Crippen LogP contribution is -2.48. The van der Waals surface area contributed by atoms with Gasteiger partial charge in [0.2, 0.25) is 11.7 Å². The van der Waals surface area contributed by atoms with Crippen molar-refractivity contribution in [2.24, 2.45) is 16.1 Å². The summed E-state index contributed by atoms with van der Waals surface area (Å²) in [6, 6.07) is 6.46. The lowest BCUT2D eigenvalue weighted by molar-refractivity contribution is -0.251. The second kappa shape index (κ2) is 6.67. The molecular weight excluding hydrogens is 342 g/mol. The average Bonchev–Trinajstić information content (AvgIpc) is 3.13. The fourth-order valence-electron chi connectivity index (χ4n) is 5.06. The third-order valence-corrected chi connectivity index (χ3v) is 6.43. The summed E-state index contributed by atoms with van der Waals surface area (Å²) < 4.78 is 11.4. The first-order valence-corrected chi connectivity index (χ1v) is 10.1. The lowest BCUT2D eigenvalue weighted by atomic mass is 9.66. The smallest absolute Gasteiger partial charge is 0.220 e. The van der Waals surface area contributed by atoms with Gasteiger partial charge in [-0.2, -0.15) is 0 Å². The number of nitrogens with zero attached hydrogens (tertiary/aromatic N) is 2. The molecule has 0 radical (unpaired) electrons. The van der Waals surface area contributed by atoms with Crippen LogP contribution in [0.25, 0.3) is 0 Å². The number of nitrogens with two attached hydrogens (primary N) is 1. The standard InChI is InChI=1S/C21H31N3O3/c1-5-26-17-7-6-15-13-20(10-8-16(25-4)9-11-20)21(18(15)12-17)23-19(22)24(27-21)14(2)3/h6-7,12,14,16H,5,8-11,13H2,1-4H3,(H2,22,23). The van der Waals surface area contributed by atoms with Crippen molar-refractivity contribution in [2.45, 2.75) is 70.7 Å². The number of methoxy groups -OCH3 is 1.